The maximum atomic E-state index is 13.1. The van der Waals surface area contributed by atoms with Crippen molar-refractivity contribution < 1.29 is 22.4 Å². The molecule has 1 aliphatic rings. The average molecular weight is 458 g/mol. The minimum absolute atomic E-state index is 0.0392. The third-order valence-corrected chi connectivity index (χ3v) is 5.50. The van der Waals surface area contributed by atoms with Crippen LogP contribution in [0, 0.1) is 5.82 Å². The van der Waals surface area contributed by atoms with Gasteiger partial charge in [-0.3, -0.25) is 9.69 Å². The third kappa shape index (κ3) is 5.67. The summed E-state index contributed by atoms with van der Waals surface area (Å²) in [6, 6.07) is 11.3. The van der Waals surface area contributed by atoms with Crippen molar-refractivity contribution in [1.82, 2.24) is 20.0 Å². The van der Waals surface area contributed by atoms with E-state index in [1.807, 2.05) is 17.2 Å². The van der Waals surface area contributed by atoms with Gasteiger partial charge >= 0.3 is 6.18 Å². The molecule has 0 radical (unpaired) electrons. The largest absolute Gasteiger partial charge is 0.416 e. The topological polar surface area (TPSA) is 50.2 Å². The standard InChI is InChI=1S/C24H22F4N4O/c25-20-5-7-21(8-6-20)32-15-19(14-30-32)17-9-11-31(12-10-17)16-23(33)29-13-18-3-1-2-4-22(18)24(26,27)28/h1-9,14-15H,10-13,16H2,(H,29,33). The van der Waals surface area contributed by atoms with E-state index in [0.29, 0.717) is 19.5 Å². The van der Waals surface area contributed by atoms with Crippen LogP contribution in [0.5, 0.6) is 0 Å². The summed E-state index contributed by atoms with van der Waals surface area (Å²) in [6.45, 7) is 1.11. The predicted molar refractivity (Wildman–Crippen MR) is 116 cm³/mol. The highest BCUT2D eigenvalue weighted by atomic mass is 19.4. The van der Waals surface area contributed by atoms with Crippen molar-refractivity contribution in [3.63, 3.8) is 0 Å². The molecule has 2 heterocycles. The Bertz CT molecular complexity index is 1150. The number of rotatable bonds is 6. The molecule has 172 valence electrons. The highest BCUT2D eigenvalue weighted by Crippen LogP contribution is 2.31. The Kier molecular flexibility index (Phi) is 6.60. The van der Waals surface area contributed by atoms with Crippen LogP contribution < -0.4 is 5.32 Å². The molecule has 0 saturated carbocycles. The smallest absolute Gasteiger partial charge is 0.351 e. The first kappa shape index (κ1) is 22.7. The van der Waals surface area contributed by atoms with Crippen LogP contribution in [0.1, 0.15) is 23.1 Å². The highest BCUT2D eigenvalue weighted by molar-refractivity contribution is 5.78. The van der Waals surface area contributed by atoms with E-state index >= 15 is 0 Å². The summed E-state index contributed by atoms with van der Waals surface area (Å²) < 4.78 is 54.0. The van der Waals surface area contributed by atoms with E-state index in [-0.39, 0.29) is 30.4 Å². The maximum absolute atomic E-state index is 13.1. The average Bonchev–Trinajstić information content (AvgIpc) is 3.28. The number of aromatic nitrogens is 2. The summed E-state index contributed by atoms with van der Waals surface area (Å²) in [5.74, 6) is -0.636. The van der Waals surface area contributed by atoms with Crippen molar-refractivity contribution in [2.24, 2.45) is 0 Å². The Morgan fingerprint density at radius 1 is 1.09 bits per heavy atom. The third-order valence-electron chi connectivity index (χ3n) is 5.50. The van der Waals surface area contributed by atoms with Crippen molar-refractivity contribution in [3.8, 4) is 5.69 Å². The van der Waals surface area contributed by atoms with Gasteiger partial charge in [-0.05, 0) is 47.9 Å². The van der Waals surface area contributed by atoms with E-state index in [2.05, 4.69) is 10.4 Å². The maximum Gasteiger partial charge on any atom is 0.416 e. The number of amides is 1. The Balaban J connectivity index is 1.31. The van der Waals surface area contributed by atoms with Crippen LogP contribution in [0.3, 0.4) is 0 Å². The molecule has 0 spiro atoms. The van der Waals surface area contributed by atoms with Crippen molar-refractivity contribution in [2.45, 2.75) is 19.1 Å². The molecular weight excluding hydrogens is 436 g/mol. The predicted octanol–water partition coefficient (Wildman–Crippen LogP) is 4.44. The molecule has 2 aromatic carbocycles. The first-order chi connectivity index (χ1) is 15.8. The molecule has 4 rings (SSSR count). The Hall–Kier alpha value is -3.46. The minimum Gasteiger partial charge on any atom is -0.351 e. The molecule has 1 amide bonds. The number of hydrogen-bond acceptors (Lipinski definition) is 3. The van der Waals surface area contributed by atoms with Gasteiger partial charge in [-0.2, -0.15) is 18.3 Å². The molecule has 1 aliphatic heterocycles. The normalized spacial score (nSPS) is 14.7. The zero-order chi connectivity index (χ0) is 23.4. The Morgan fingerprint density at radius 3 is 2.55 bits per heavy atom. The number of nitrogens with zero attached hydrogens (tertiary/aromatic N) is 3. The number of hydrogen-bond donors (Lipinski definition) is 1. The van der Waals surface area contributed by atoms with Crippen molar-refractivity contribution in [2.75, 3.05) is 19.6 Å². The van der Waals surface area contributed by atoms with Gasteiger partial charge in [0.05, 0.1) is 24.0 Å². The summed E-state index contributed by atoms with van der Waals surface area (Å²) in [6.07, 6.45) is 1.89. The SMILES string of the molecule is O=C(CN1CC=C(c2cnn(-c3ccc(F)cc3)c2)CC1)NCc1ccccc1C(F)(F)F. The molecule has 0 fully saturated rings. The van der Waals surface area contributed by atoms with Crippen LogP contribution in [0.2, 0.25) is 0 Å². The van der Waals surface area contributed by atoms with Gasteiger partial charge in [-0.25, -0.2) is 9.07 Å². The molecule has 3 aromatic rings. The quantitative estimate of drug-likeness (QED) is 0.556. The lowest BCUT2D eigenvalue weighted by molar-refractivity contribution is -0.138. The van der Waals surface area contributed by atoms with E-state index in [9.17, 15) is 22.4 Å². The summed E-state index contributed by atoms with van der Waals surface area (Å²) >= 11 is 0. The fourth-order valence-corrected chi connectivity index (χ4v) is 3.74. The Morgan fingerprint density at radius 2 is 1.85 bits per heavy atom. The Labute approximate surface area is 188 Å². The van der Waals surface area contributed by atoms with Crippen LogP contribution >= 0.6 is 0 Å². The number of alkyl halides is 3. The molecule has 0 unspecified atom stereocenters. The zero-order valence-electron chi connectivity index (χ0n) is 17.6. The number of nitrogens with one attached hydrogen (secondary N) is 1. The van der Waals surface area contributed by atoms with E-state index in [4.69, 9.17) is 0 Å². The number of benzene rings is 2. The molecule has 0 aliphatic carbocycles. The van der Waals surface area contributed by atoms with Crippen molar-refractivity contribution in [3.05, 3.63) is 89.5 Å². The van der Waals surface area contributed by atoms with Crippen LogP contribution in [-0.2, 0) is 17.5 Å². The van der Waals surface area contributed by atoms with Gasteiger partial charge in [0.15, 0.2) is 0 Å². The second-order valence-corrected chi connectivity index (χ2v) is 7.80. The van der Waals surface area contributed by atoms with Crippen molar-refractivity contribution in [1.29, 1.82) is 0 Å². The first-order valence-corrected chi connectivity index (χ1v) is 10.4. The van der Waals surface area contributed by atoms with Gasteiger partial charge in [0.25, 0.3) is 0 Å². The van der Waals surface area contributed by atoms with E-state index in [1.54, 1.807) is 23.0 Å². The number of carbonyl (C=O) groups excluding carboxylic acids is 1. The lowest BCUT2D eigenvalue weighted by Gasteiger charge is -2.25. The lowest BCUT2D eigenvalue weighted by Crippen LogP contribution is -2.39. The first-order valence-electron chi connectivity index (χ1n) is 10.4. The molecule has 0 atom stereocenters. The van der Waals surface area contributed by atoms with Gasteiger partial charge in [-0.1, -0.05) is 24.3 Å². The van der Waals surface area contributed by atoms with E-state index in [0.717, 1.165) is 22.9 Å². The van der Waals surface area contributed by atoms with Gasteiger partial charge in [-0.15, -0.1) is 0 Å². The van der Waals surface area contributed by atoms with Crippen LogP contribution in [-0.4, -0.2) is 40.2 Å². The van der Waals surface area contributed by atoms with Gasteiger partial charge < -0.3 is 5.32 Å². The monoisotopic (exact) mass is 458 g/mol. The van der Waals surface area contributed by atoms with Crippen LogP contribution in [0.4, 0.5) is 17.6 Å². The van der Waals surface area contributed by atoms with Crippen LogP contribution in [0.25, 0.3) is 11.3 Å². The molecule has 0 saturated heterocycles. The molecule has 1 aromatic heterocycles. The number of carbonyl (C=O) groups is 1. The molecular formula is C24H22F4N4O. The summed E-state index contributed by atoms with van der Waals surface area (Å²) in [5.41, 5.74) is 2.10. The molecule has 1 N–H and O–H groups in total. The van der Waals surface area contributed by atoms with E-state index < -0.39 is 11.7 Å². The second kappa shape index (κ2) is 9.58. The molecule has 0 bridgehead atoms. The summed E-state index contributed by atoms with van der Waals surface area (Å²) in [7, 11) is 0. The van der Waals surface area contributed by atoms with Crippen molar-refractivity contribution >= 4 is 11.5 Å². The number of halogens is 4. The summed E-state index contributed by atoms with van der Waals surface area (Å²) in [5, 5.41) is 6.92. The fraction of sp³-hybridized carbons (Fsp3) is 0.250. The fourth-order valence-electron chi connectivity index (χ4n) is 3.74. The lowest BCUT2D eigenvalue weighted by atomic mass is 10.0. The zero-order valence-corrected chi connectivity index (χ0v) is 17.6. The molecule has 5 nitrogen and oxygen atoms in total. The highest BCUT2D eigenvalue weighted by Gasteiger charge is 2.32. The molecule has 9 heteroatoms. The second-order valence-electron chi connectivity index (χ2n) is 7.80. The molecule has 33 heavy (non-hydrogen) atoms. The van der Waals surface area contributed by atoms with Gasteiger partial charge in [0, 0.05) is 31.4 Å². The van der Waals surface area contributed by atoms with Gasteiger partial charge in [0.2, 0.25) is 5.91 Å². The van der Waals surface area contributed by atoms with Gasteiger partial charge in [0.1, 0.15) is 5.82 Å². The minimum atomic E-state index is -4.46. The summed E-state index contributed by atoms with van der Waals surface area (Å²) in [4.78, 5) is 14.2. The van der Waals surface area contributed by atoms with Crippen LogP contribution in [0.15, 0.2) is 67.0 Å². The van der Waals surface area contributed by atoms with E-state index in [1.165, 1.54) is 30.3 Å².